The Morgan fingerprint density at radius 3 is 2.70 bits per heavy atom. The molecule has 20 heavy (non-hydrogen) atoms. The minimum Gasteiger partial charge on any atom is -0.377 e. The van der Waals surface area contributed by atoms with Crippen LogP contribution in [-0.2, 0) is 21.3 Å². The van der Waals surface area contributed by atoms with E-state index >= 15 is 0 Å². The average Bonchev–Trinajstić information content (AvgIpc) is 2.71. The highest BCUT2D eigenvalue weighted by Crippen LogP contribution is 2.35. The number of ether oxygens (including phenoxy) is 1. The largest absolute Gasteiger partial charge is 0.377 e. The molecule has 1 heterocycles. The molecule has 2 N–H and O–H groups in total. The van der Waals surface area contributed by atoms with Gasteiger partial charge in [0.25, 0.3) is 0 Å². The second-order valence-electron chi connectivity index (χ2n) is 4.95. The Hall–Kier alpha value is 0.01000. The van der Waals surface area contributed by atoms with E-state index in [1.165, 1.54) is 11.3 Å². The van der Waals surface area contributed by atoms with Crippen molar-refractivity contribution in [2.45, 2.75) is 36.3 Å². The number of thiophene rings is 1. The Labute approximate surface area is 132 Å². The van der Waals surface area contributed by atoms with Crippen LogP contribution in [0.3, 0.4) is 0 Å². The zero-order valence-corrected chi connectivity index (χ0v) is 14.8. The summed E-state index contributed by atoms with van der Waals surface area (Å²) in [5.74, 6) is 0. The number of methoxy groups -OCH3 is 1. The fraction of sp³-hybridized carbons (Fsp3) is 0.667. The lowest BCUT2D eigenvalue weighted by molar-refractivity contribution is -0.0659. The SMILES string of the molecule is CNCc1cc(S(=O)(=O)NCC2(OC)CCC2)c(Br)s1. The maximum Gasteiger partial charge on any atom is 0.242 e. The molecule has 0 spiro atoms. The second-order valence-corrected chi connectivity index (χ2v) is 9.14. The van der Waals surface area contributed by atoms with E-state index in [1.807, 2.05) is 7.05 Å². The van der Waals surface area contributed by atoms with Crippen LogP contribution in [0.1, 0.15) is 24.1 Å². The van der Waals surface area contributed by atoms with Gasteiger partial charge in [0.05, 0.1) is 9.39 Å². The molecular formula is C12H19BrN2O3S2. The maximum atomic E-state index is 12.4. The van der Waals surface area contributed by atoms with Crippen LogP contribution in [-0.4, -0.2) is 34.7 Å². The molecule has 0 amide bonds. The van der Waals surface area contributed by atoms with Crippen molar-refractivity contribution in [3.63, 3.8) is 0 Å². The Balaban J connectivity index is 2.10. The summed E-state index contributed by atoms with van der Waals surface area (Å²) in [6.45, 7) is 0.982. The molecule has 1 aromatic heterocycles. The smallest absolute Gasteiger partial charge is 0.242 e. The normalized spacial score (nSPS) is 17.9. The number of nitrogens with one attached hydrogen (secondary N) is 2. The van der Waals surface area contributed by atoms with Gasteiger partial charge in [0.2, 0.25) is 10.0 Å². The van der Waals surface area contributed by atoms with E-state index in [9.17, 15) is 8.42 Å². The summed E-state index contributed by atoms with van der Waals surface area (Å²) in [7, 11) is -0.0319. The van der Waals surface area contributed by atoms with E-state index in [0.29, 0.717) is 21.8 Å². The van der Waals surface area contributed by atoms with Gasteiger partial charge >= 0.3 is 0 Å². The topological polar surface area (TPSA) is 67.4 Å². The third-order valence-electron chi connectivity index (χ3n) is 3.63. The molecule has 1 aliphatic carbocycles. The lowest BCUT2D eigenvalue weighted by atomic mass is 9.80. The predicted molar refractivity (Wildman–Crippen MR) is 83.6 cm³/mol. The second kappa shape index (κ2) is 6.41. The van der Waals surface area contributed by atoms with Crippen LogP contribution in [0, 0.1) is 0 Å². The van der Waals surface area contributed by atoms with E-state index in [0.717, 1.165) is 24.1 Å². The molecular weight excluding hydrogens is 364 g/mol. The number of hydrogen-bond donors (Lipinski definition) is 2. The first-order valence-electron chi connectivity index (χ1n) is 6.40. The zero-order chi connectivity index (χ0) is 14.8. The summed E-state index contributed by atoms with van der Waals surface area (Å²) in [6.07, 6.45) is 2.90. The van der Waals surface area contributed by atoms with Gasteiger partial charge in [0, 0.05) is 25.1 Å². The van der Waals surface area contributed by atoms with Crippen LogP contribution in [0.2, 0.25) is 0 Å². The van der Waals surface area contributed by atoms with Crippen molar-refractivity contribution >= 4 is 37.3 Å². The van der Waals surface area contributed by atoms with Gasteiger partial charge in [-0.2, -0.15) is 0 Å². The van der Waals surface area contributed by atoms with E-state index in [2.05, 4.69) is 26.0 Å². The lowest BCUT2D eigenvalue weighted by Crippen LogP contribution is -2.49. The van der Waals surface area contributed by atoms with Crippen LogP contribution in [0.4, 0.5) is 0 Å². The number of hydrogen-bond acceptors (Lipinski definition) is 5. The molecule has 0 bridgehead atoms. The van der Waals surface area contributed by atoms with Gasteiger partial charge in [-0.05, 0) is 48.3 Å². The Morgan fingerprint density at radius 1 is 1.50 bits per heavy atom. The summed E-state index contributed by atoms with van der Waals surface area (Å²) in [6, 6.07) is 1.70. The highest BCUT2D eigenvalue weighted by atomic mass is 79.9. The molecule has 114 valence electrons. The molecule has 5 nitrogen and oxygen atoms in total. The standard InChI is InChI=1S/C12H19BrN2O3S2/c1-14-7-9-6-10(11(13)19-9)20(16,17)15-8-12(18-2)4-3-5-12/h6,14-15H,3-5,7-8H2,1-2H3. The van der Waals surface area contributed by atoms with E-state index < -0.39 is 10.0 Å². The fourth-order valence-corrected chi connectivity index (χ4v) is 5.98. The highest BCUT2D eigenvalue weighted by molar-refractivity contribution is 9.11. The summed E-state index contributed by atoms with van der Waals surface area (Å²) in [4.78, 5) is 1.28. The molecule has 8 heteroatoms. The van der Waals surface area contributed by atoms with Gasteiger partial charge < -0.3 is 10.1 Å². The third kappa shape index (κ3) is 3.42. The first-order valence-corrected chi connectivity index (χ1v) is 9.49. The number of rotatable bonds is 7. The lowest BCUT2D eigenvalue weighted by Gasteiger charge is -2.40. The predicted octanol–water partition coefficient (Wildman–Crippen LogP) is 2.08. The average molecular weight is 383 g/mol. The number of halogens is 1. The van der Waals surface area contributed by atoms with Gasteiger partial charge in [-0.15, -0.1) is 11.3 Å². The van der Waals surface area contributed by atoms with E-state index in [-0.39, 0.29) is 5.60 Å². The first kappa shape index (κ1) is 16.4. The number of sulfonamides is 1. The van der Waals surface area contributed by atoms with Crippen molar-refractivity contribution in [1.29, 1.82) is 0 Å². The molecule has 0 atom stereocenters. The molecule has 0 aliphatic heterocycles. The van der Waals surface area contributed by atoms with Crippen LogP contribution in [0.5, 0.6) is 0 Å². The summed E-state index contributed by atoms with van der Waals surface area (Å²) < 4.78 is 33.5. The maximum absolute atomic E-state index is 12.4. The monoisotopic (exact) mass is 382 g/mol. The Kier molecular flexibility index (Phi) is 5.25. The molecule has 0 radical (unpaired) electrons. The van der Waals surface area contributed by atoms with Gasteiger partial charge in [-0.3, -0.25) is 0 Å². The van der Waals surface area contributed by atoms with Crippen molar-refractivity contribution in [2.75, 3.05) is 20.7 Å². The Morgan fingerprint density at radius 2 is 2.20 bits per heavy atom. The van der Waals surface area contributed by atoms with Crippen molar-refractivity contribution in [3.8, 4) is 0 Å². The molecule has 0 unspecified atom stereocenters. The van der Waals surface area contributed by atoms with Crippen molar-refractivity contribution in [3.05, 3.63) is 14.7 Å². The summed E-state index contributed by atoms with van der Waals surface area (Å²) in [5, 5.41) is 3.01. The fourth-order valence-electron chi connectivity index (χ4n) is 2.17. The van der Waals surface area contributed by atoms with Crippen LogP contribution in [0.15, 0.2) is 14.7 Å². The van der Waals surface area contributed by atoms with Crippen molar-refractivity contribution in [2.24, 2.45) is 0 Å². The van der Waals surface area contributed by atoms with Crippen molar-refractivity contribution in [1.82, 2.24) is 10.0 Å². The molecule has 1 aromatic rings. The van der Waals surface area contributed by atoms with Gasteiger partial charge in [0.15, 0.2) is 0 Å². The van der Waals surface area contributed by atoms with Crippen LogP contribution >= 0.6 is 27.3 Å². The summed E-state index contributed by atoms with van der Waals surface area (Å²) >= 11 is 4.76. The van der Waals surface area contributed by atoms with E-state index in [4.69, 9.17) is 4.74 Å². The highest BCUT2D eigenvalue weighted by Gasteiger charge is 2.38. The molecule has 1 aliphatic rings. The first-order chi connectivity index (χ1) is 9.42. The van der Waals surface area contributed by atoms with Crippen LogP contribution < -0.4 is 10.0 Å². The van der Waals surface area contributed by atoms with Crippen LogP contribution in [0.25, 0.3) is 0 Å². The molecule has 1 fully saturated rings. The molecule has 0 saturated heterocycles. The quantitative estimate of drug-likeness (QED) is 0.757. The Bertz CT molecular complexity index is 562. The van der Waals surface area contributed by atoms with Gasteiger partial charge in [0.1, 0.15) is 4.90 Å². The van der Waals surface area contributed by atoms with Gasteiger partial charge in [-0.1, -0.05) is 0 Å². The molecule has 1 saturated carbocycles. The van der Waals surface area contributed by atoms with Gasteiger partial charge in [-0.25, -0.2) is 13.1 Å². The third-order valence-corrected chi connectivity index (χ3v) is 7.28. The van der Waals surface area contributed by atoms with Crippen molar-refractivity contribution < 1.29 is 13.2 Å². The minimum absolute atomic E-state index is 0.304. The minimum atomic E-state index is -3.50. The molecule has 2 rings (SSSR count). The molecule has 0 aromatic carbocycles. The van der Waals surface area contributed by atoms with E-state index in [1.54, 1.807) is 13.2 Å². The summed E-state index contributed by atoms with van der Waals surface area (Å²) in [5.41, 5.74) is -0.316. The zero-order valence-electron chi connectivity index (χ0n) is 11.5.